The summed E-state index contributed by atoms with van der Waals surface area (Å²) in [4.78, 5) is 26.2. The van der Waals surface area contributed by atoms with E-state index in [4.69, 9.17) is 0 Å². The van der Waals surface area contributed by atoms with E-state index in [9.17, 15) is 18.0 Å². The zero-order chi connectivity index (χ0) is 20.6. The van der Waals surface area contributed by atoms with Gasteiger partial charge in [0.1, 0.15) is 10.4 Å². The van der Waals surface area contributed by atoms with Crippen molar-refractivity contribution < 1.29 is 13.2 Å². The van der Waals surface area contributed by atoms with Crippen molar-refractivity contribution in [1.29, 1.82) is 0 Å². The summed E-state index contributed by atoms with van der Waals surface area (Å²) in [6, 6.07) is 8.46. The van der Waals surface area contributed by atoms with Gasteiger partial charge in [0, 0.05) is 37.8 Å². The van der Waals surface area contributed by atoms with Gasteiger partial charge < -0.3 is 4.98 Å². The molecule has 9 heteroatoms. The third-order valence-corrected chi connectivity index (χ3v) is 5.58. The molecule has 0 aliphatic carbocycles. The second kappa shape index (κ2) is 7.72. The molecule has 0 saturated heterocycles. The second-order valence-electron chi connectivity index (χ2n) is 6.83. The minimum absolute atomic E-state index is 0.264. The van der Waals surface area contributed by atoms with Crippen LogP contribution in [0.1, 0.15) is 22.4 Å². The topological polar surface area (TPSA) is 61.9 Å². The Morgan fingerprint density at radius 2 is 1.93 bits per heavy atom. The highest BCUT2D eigenvalue weighted by Gasteiger charge is 2.30. The first-order chi connectivity index (χ1) is 13.8. The summed E-state index contributed by atoms with van der Waals surface area (Å²) in [6.45, 7) is 1.82. The van der Waals surface area contributed by atoms with Gasteiger partial charge in [0.05, 0.1) is 16.8 Å². The molecule has 0 spiro atoms. The molecule has 1 aliphatic rings. The van der Waals surface area contributed by atoms with Crippen molar-refractivity contribution in [3.05, 3.63) is 79.9 Å². The molecule has 0 atom stereocenters. The van der Waals surface area contributed by atoms with Crippen LogP contribution in [0.4, 0.5) is 13.2 Å². The van der Waals surface area contributed by atoms with Crippen molar-refractivity contribution in [2.45, 2.75) is 25.7 Å². The molecule has 150 valence electrons. The van der Waals surface area contributed by atoms with Gasteiger partial charge in [-0.15, -0.1) is 0 Å². The normalized spacial score (nSPS) is 14.6. The molecule has 1 aromatic carbocycles. The van der Waals surface area contributed by atoms with Crippen molar-refractivity contribution in [2.75, 3.05) is 6.54 Å². The van der Waals surface area contributed by atoms with E-state index in [-0.39, 0.29) is 11.4 Å². The molecule has 1 N–H and O–H groups in total. The molecule has 0 saturated carbocycles. The summed E-state index contributed by atoms with van der Waals surface area (Å²) in [6.07, 6.45) is -2.11. The van der Waals surface area contributed by atoms with E-state index in [1.54, 1.807) is 6.20 Å². The predicted molar refractivity (Wildman–Crippen MR) is 105 cm³/mol. The van der Waals surface area contributed by atoms with Crippen LogP contribution in [-0.2, 0) is 25.7 Å². The van der Waals surface area contributed by atoms with Crippen LogP contribution in [0.5, 0.6) is 0 Å². The quantitative estimate of drug-likeness (QED) is 0.590. The Morgan fingerprint density at radius 3 is 2.62 bits per heavy atom. The first-order valence-corrected chi connectivity index (χ1v) is 9.72. The Balaban J connectivity index is 1.57. The minimum atomic E-state index is -4.40. The van der Waals surface area contributed by atoms with Gasteiger partial charge in [-0.1, -0.05) is 18.2 Å². The molecule has 3 heterocycles. The van der Waals surface area contributed by atoms with E-state index in [1.807, 2.05) is 12.1 Å². The molecular formula is C20H16BrF3N4O. The molecule has 0 unspecified atom stereocenters. The summed E-state index contributed by atoms with van der Waals surface area (Å²) in [7, 11) is 0. The van der Waals surface area contributed by atoms with Crippen LogP contribution in [0.3, 0.4) is 0 Å². The molecular weight excluding hydrogens is 449 g/mol. The van der Waals surface area contributed by atoms with Gasteiger partial charge in [0.25, 0.3) is 5.56 Å². The Kier molecular flexibility index (Phi) is 5.26. The van der Waals surface area contributed by atoms with E-state index in [0.717, 1.165) is 28.8 Å². The van der Waals surface area contributed by atoms with E-state index in [0.29, 0.717) is 36.3 Å². The number of hydrogen-bond acceptors (Lipinski definition) is 4. The lowest BCUT2D eigenvalue weighted by molar-refractivity contribution is -0.137. The summed E-state index contributed by atoms with van der Waals surface area (Å²) in [5.74, 6) is 0.283. The highest BCUT2D eigenvalue weighted by Crippen LogP contribution is 2.30. The number of rotatable bonds is 3. The number of alkyl halides is 3. The smallest absolute Gasteiger partial charge is 0.306 e. The maximum absolute atomic E-state index is 12.7. The first-order valence-electron chi connectivity index (χ1n) is 8.93. The number of aromatic amines is 1. The van der Waals surface area contributed by atoms with Crippen molar-refractivity contribution >= 4 is 15.9 Å². The van der Waals surface area contributed by atoms with Gasteiger partial charge in [0.2, 0.25) is 0 Å². The molecule has 3 aromatic rings. The number of nitrogens with one attached hydrogen (secondary N) is 1. The average Bonchev–Trinajstić information content (AvgIpc) is 2.69. The Bertz CT molecular complexity index is 1100. The lowest BCUT2D eigenvalue weighted by Gasteiger charge is -2.27. The number of hydrogen-bond donors (Lipinski definition) is 1. The highest BCUT2D eigenvalue weighted by atomic mass is 79.9. The van der Waals surface area contributed by atoms with Crippen LogP contribution in [0.25, 0.3) is 11.4 Å². The van der Waals surface area contributed by atoms with Gasteiger partial charge in [-0.25, -0.2) is 9.97 Å². The van der Waals surface area contributed by atoms with E-state index in [2.05, 4.69) is 35.8 Å². The number of pyridine rings is 1. The molecule has 0 amide bonds. The Morgan fingerprint density at radius 1 is 1.17 bits per heavy atom. The second-order valence-corrected chi connectivity index (χ2v) is 7.58. The summed E-state index contributed by atoms with van der Waals surface area (Å²) < 4.78 is 39.0. The number of aromatic nitrogens is 3. The van der Waals surface area contributed by atoms with E-state index in [1.165, 1.54) is 12.1 Å². The number of H-pyrrole nitrogens is 1. The lowest BCUT2D eigenvalue weighted by atomic mass is 10.1. The molecule has 5 nitrogen and oxygen atoms in total. The van der Waals surface area contributed by atoms with E-state index >= 15 is 0 Å². The van der Waals surface area contributed by atoms with Gasteiger partial charge in [0.15, 0.2) is 0 Å². The molecule has 0 fully saturated rings. The predicted octanol–water partition coefficient (Wildman–Crippen LogP) is 4.17. The van der Waals surface area contributed by atoms with Gasteiger partial charge in [-0.05, 0) is 39.7 Å². The van der Waals surface area contributed by atoms with Crippen LogP contribution in [-0.4, -0.2) is 26.4 Å². The fourth-order valence-electron chi connectivity index (χ4n) is 3.35. The van der Waals surface area contributed by atoms with Crippen LogP contribution in [0.15, 0.2) is 52.0 Å². The molecule has 0 bridgehead atoms. The average molecular weight is 465 g/mol. The zero-order valence-corrected chi connectivity index (χ0v) is 16.7. The molecule has 1 aliphatic heterocycles. The fourth-order valence-corrected chi connectivity index (χ4v) is 3.72. The maximum atomic E-state index is 12.7. The van der Waals surface area contributed by atoms with Crippen LogP contribution in [0.2, 0.25) is 0 Å². The van der Waals surface area contributed by atoms with Crippen LogP contribution < -0.4 is 5.56 Å². The fraction of sp³-hybridized carbons (Fsp3) is 0.250. The standard InChI is InChI=1S/C20H16BrF3N4O/c21-17-13(2-1-8-25-17)10-28-9-7-16-15(11-28)19(29)27-18(26-16)12-3-5-14(6-4-12)20(22,23)24/h1-6,8H,7,9-11H2,(H,26,27,29). The van der Waals surface area contributed by atoms with E-state index < -0.39 is 11.7 Å². The van der Waals surface area contributed by atoms with Crippen LogP contribution >= 0.6 is 15.9 Å². The van der Waals surface area contributed by atoms with Crippen molar-refractivity contribution in [2.24, 2.45) is 0 Å². The third-order valence-electron chi connectivity index (χ3n) is 4.86. The summed E-state index contributed by atoms with van der Waals surface area (Å²) in [5.41, 5.74) is 1.75. The summed E-state index contributed by atoms with van der Waals surface area (Å²) in [5, 5.41) is 0. The monoisotopic (exact) mass is 464 g/mol. The SMILES string of the molecule is O=c1[nH]c(-c2ccc(C(F)(F)F)cc2)nc2c1CN(Cc1cccnc1Br)CC2. The number of nitrogens with zero attached hydrogens (tertiary/aromatic N) is 3. The largest absolute Gasteiger partial charge is 0.416 e. The first kappa shape index (κ1) is 19.8. The summed E-state index contributed by atoms with van der Waals surface area (Å²) >= 11 is 3.43. The number of fused-ring (bicyclic) bond motifs is 1. The zero-order valence-electron chi connectivity index (χ0n) is 15.1. The number of benzene rings is 1. The minimum Gasteiger partial charge on any atom is -0.306 e. The Hall–Kier alpha value is -2.52. The molecule has 0 radical (unpaired) electrons. The lowest BCUT2D eigenvalue weighted by Crippen LogP contribution is -2.35. The molecule has 4 rings (SSSR count). The van der Waals surface area contributed by atoms with Crippen LogP contribution in [0, 0.1) is 0 Å². The number of halogens is 4. The van der Waals surface area contributed by atoms with Gasteiger partial charge in [-0.3, -0.25) is 9.69 Å². The highest BCUT2D eigenvalue weighted by molar-refractivity contribution is 9.10. The van der Waals surface area contributed by atoms with Gasteiger partial charge in [-0.2, -0.15) is 13.2 Å². The molecule has 29 heavy (non-hydrogen) atoms. The van der Waals surface area contributed by atoms with Crippen molar-refractivity contribution in [3.63, 3.8) is 0 Å². The van der Waals surface area contributed by atoms with Crippen molar-refractivity contribution in [1.82, 2.24) is 19.9 Å². The van der Waals surface area contributed by atoms with Crippen molar-refractivity contribution in [3.8, 4) is 11.4 Å². The van der Waals surface area contributed by atoms with Gasteiger partial charge >= 0.3 is 6.18 Å². The molecule has 2 aromatic heterocycles. The Labute approximate surface area is 172 Å². The maximum Gasteiger partial charge on any atom is 0.416 e. The third kappa shape index (κ3) is 4.25.